The molecule has 0 aliphatic heterocycles. The molecule has 13 rings (SSSR count). The first-order chi connectivity index (χ1) is 34.2. The monoisotopic (exact) mass is 899 g/mol. The Kier molecular flexibility index (Phi) is 9.55. The molecule has 2 heteroatoms. The summed E-state index contributed by atoms with van der Waals surface area (Å²) in [6.07, 6.45) is 1.14. The number of fused-ring (bicyclic) bond motifs is 7. The fraction of sp³-hybridized carbons (Fsp3) is 0.118. The van der Waals surface area contributed by atoms with Gasteiger partial charge in [0.25, 0.3) is 0 Å². The van der Waals surface area contributed by atoms with Crippen LogP contribution in [0.15, 0.2) is 241 Å². The van der Waals surface area contributed by atoms with Gasteiger partial charge in [-0.1, -0.05) is 210 Å². The van der Waals surface area contributed by atoms with Gasteiger partial charge >= 0.3 is 0 Å². The largest absolute Gasteiger partial charge is 0.456 e. The topological polar surface area (TPSA) is 16.4 Å². The van der Waals surface area contributed by atoms with Gasteiger partial charge in [0.2, 0.25) is 0 Å². The van der Waals surface area contributed by atoms with Crippen LogP contribution in [-0.4, -0.2) is 0 Å². The standard InChI is InChI=1S/C68H53NO/c1-66(2)44-67(3,4)61-43-64-58(42-60(61)66)56-40-35-50(41-63(56)70-64)49-29-27-46(28-30-49)48-33-38-54(39-34-48)69(53-36-31-47(32-37-53)45-17-8-5-9-18-45)62-26-16-24-57-55-23-14-15-25-59(55)68(65(57)62,51-19-10-6-11-20-51)52-21-12-7-13-22-52/h5-43H,44H2,1-4H3. The fourth-order valence-electron chi connectivity index (χ4n) is 12.6. The van der Waals surface area contributed by atoms with E-state index in [4.69, 9.17) is 4.42 Å². The molecule has 336 valence electrons. The first kappa shape index (κ1) is 41.9. The summed E-state index contributed by atoms with van der Waals surface area (Å²) in [4.78, 5) is 2.47. The molecular weight excluding hydrogens is 847 g/mol. The van der Waals surface area contributed by atoms with Gasteiger partial charge in [0.1, 0.15) is 11.2 Å². The van der Waals surface area contributed by atoms with Crippen molar-refractivity contribution in [1.82, 2.24) is 0 Å². The Morgan fingerprint density at radius 2 is 0.814 bits per heavy atom. The Hall–Kier alpha value is -8.20. The van der Waals surface area contributed by atoms with Crippen LogP contribution >= 0.6 is 0 Å². The van der Waals surface area contributed by atoms with E-state index in [9.17, 15) is 0 Å². The van der Waals surface area contributed by atoms with Crippen LogP contribution in [0.3, 0.4) is 0 Å². The van der Waals surface area contributed by atoms with Gasteiger partial charge in [0.15, 0.2) is 0 Å². The molecule has 0 saturated carbocycles. The van der Waals surface area contributed by atoms with Crippen molar-refractivity contribution in [3.8, 4) is 44.5 Å². The molecule has 2 aliphatic rings. The summed E-state index contributed by atoms with van der Waals surface area (Å²) < 4.78 is 6.61. The van der Waals surface area contributed by atoms with Crippen LogP contribution in [0.4, 0.5) is 17.1 Å². The van der Waals surface area contributed by atoms with Gasteiger partial charge < -0.3 is 9.32 Å². The number of anilines is 3. The van der Waals surface area contributed by atoms with Crippen LogP contribution in [0, 0.1) is 0 Å². The van der Waals surface area contributed by atoms with Gasteiger partial charge in [-0.15, -0.1) is 0 Å². The first-order valence-electron chi connectivity index (χ1n) is 24.7. The third-order valence-corrected chi connectivity index (χ3v) is 15.6. The summed E-state index contributed by atoms with van der Waals surface area (Å²) in [6.45, 7) is 9.48. The van der Waals surface area contributed by atoms with Crippen molar-refractivity contribution in [1.29, 1.82) is 0 Å². The number of hydrogen-bond acceptors (Lipinski definition) is 2. The lowest BCUT2D eigenvalue weighted by molar-refractivity contribution is 0.403. The lowest BCUT2D eigenvalue weighted by Gasteiger charge is -2.38. The smallest absolute Gasteiger partial charge is 0.136 e. The van der Waals surface area contributed by atoms with Crippen molar-refractivity contribution in [2.24, 2.45) is 0 Å². The minimum atomic E-state index is -0.571. The highest BCUT2D eigenvalue weighted by molar-refractivity contribution is 6.07. The SMILES string of the molecule is CC1(C)CC(C)(C)c2cc3c(cc21)oc1cc(-c2ccc(-c4ccc(N(c5ccc(-c6ccccc6)cc5)c5cccc6c5C(c5ccccc5)(c5ccccc5)c5ccccc5-6)cc4)cc2)ccc13. The molecule has 11 aromatic rings. The van der Waals surface area contributed by atoms with Crippen molar-refractivity contribution < 1.29 is 4.42 Å². The molecule has 70 heavy (non-hydrogen) atoms. The van der Waals surface area contributed by atoms with E-state index in [-0.39, 0.29) is 10.8 Å². The molecule has 0 bridgehead atoms. The fourth-order valence-corrected chi connectivity index (χ4v) is 12.6. The Morgan fingerprint density at radius 1 is 0.357 bits per heavy atom. The van der Waals surface area contributed by atoms with Gasteiger partial charge in [-0.25, -0.2) is 0 Å². The molecular formula is C68H53NO. The predicted octanol–water partition coefficient (Wildman–Crippen LogP) is 18.4. The Labute approximate surface area is 411 Å². The molecule has 0 saturated heterocycles. The summed E-state index contributed by atoms with van der Waals surface area (Å²) in [5.41, 5.74) is 22.4. The summed E-state index contributed by atoms with van der Waals surface area (Å²) >= 11 is 0. The van der Waals surface area contributed by atoms with Crippen LogP contribution in [0.5, 0.6) is 0 Å². The molecule has 0 radical (unpaired) electrons. The molecule has 0 unspecified atom stereocenters. The van der Waals surface area contributed by atoms with Gasteiger partial charge in [-0.3, -0.25) is 0 Å². The van der Waals surface area contributed by atoms with Crippen molar-refractivity contribution in [2.75, 3.05) is 4.90 Å². The summed E-state index contributed by atoms with van der Waals surface area (Å²) in [6, 6.07) is 87.3. The molecule has 2 nitrogen and oxygen atoms in total. The minimum Gasteiger partial charge on any atom is -0.456 e. The second-order valence-corrected chi connectivity index (χ2v) is 20.8. The van der Waals surface area contributed by atoms with Crippen LogP contribution in [-0.2, 0) is 16.2 Å². The van der Waals surface area contributed by atoms with Crippen molar-refractivity contribution >= 4 is 39.0 Å². The van der Waals surface area contributed by atoms with Crippen molar-refractivity contribution in [2.45, 2.75) is 50.4 Å². The lowest BCUT2D eigenvalue weighted by atomic mass is 9.67. The lowest BCUT2D eigenvalue weighted by Crippen LogP contribution is -2.30. The zero-order valence-electron chi connectivity index (χ0n) is 40.1. The van der Waals surface area contributed by atoms with E-state index in [2.05, 4.69) is 269 Å². The van der Waals surface area contributed by atoms with Crippen molar-refractivity contribution in [3.63, 3.8) is 0 Å². The van der Waals surface area contributed by atoms with E-state index in [0.29, 0.717) is 0 Å². The van der Waals surface area contributed by atoms with Gasteiger partial charge in [-0.2, -0.15) is 0 Å². The summed E-state index contributed by atoms with van der Waals surface area (Å²) in [5, 5.41) is 2.39. The molecule has 1 aromatic heterocycles. The van der Waals surface area contributed by atoms with E-state index in [1.54, 1.807) is 0 Å². The average molecular weight is 900 g/mol. The maximum Gasteiger partial charge on any atom is 0.136 e. The number of furan rings is 1. The summed E-state index contributed by atoms with van der Waals surface area (Å²) in [5.74, 6) is 0. The maximum atomic E-state index is 6.61. The molecule has 10 aromatic carbocycles. The van der Waals surface area contributed by atoms with E-state index < -0.39 is 5.41 Å². The second-order valence-electron chi connectivity index (χ2n) is 20.8. The Bertz CT molecular complexity index is 3710. The van der Waals surface area contributed by atoms with Gasteiger partial charge in [-0.05, 0) is 144 Å². The highest BCUT2D eigenvalue weighted by Gasteiger charge is 2.48. The number of rotatable bonds is 8. The maximum absolute atomic E-state index is 6.61. The highest BCUT2D eigenvalue weighted by Crippen LogP contribution is 2.60. The van der Waals surface area contributed by atoms with Crippen molar-refractivity contribution in [3.05, 3.63) is 270 Å². The quantitative estimate of drug-likeness (QED) is 0.151. The average Bonchev–Trinajstić information content (AvgIpc) is 3.99. The molecule has 0 N–H and O–H groups in total. The molecule has 0 atom stereocenters. The van der Waals surface area contributed by atoms with E-state index in [1.165, 1.54) is 72.0 Å². The number of nitrogens with zero attached hydrogens (tertiary/aromatic N) is 1. The highest BCUT2D eigenvalue weighted by atomic mass is 16.3. The van der Waals surface area contributed by atoms with E-state index in [1.807, 2.05) is 0 Å². The second kappa shape index (κ2) is 15.9. The van der Waals surface area contributed by atoms with E-state index in [0.717, 1.165) is 51.3 Å². The van der Waals surface area contributed by atoms with Crippen LogP contribution in [0.1, 0.15) is 67.5 Å². The third kappa shape index (κ3) is 6.54. The number of benzene rings is 10. The van der Waals surface area contributed by atoms with Crippen LogP contribution < -0.4 is 4.90 Å². The molecule has 2 aliphatic carbocycles. The normalized spacial score (nSPS) is 14.9. The predicted molar refractivity (Wildman–Crippen MR) is 293 cm³/mol. The van der Waals surface area contributed by atoms with Crippen LogP contribution in [0.25, 0.3) is 66.4 Å². The molecule has 0 fully saturated rings. The van der Waals surface area contributed by atoms with Gasteiger partial charge in [0.05, 0.1) is 11.1 Å². The molecule has 0 spiro atoms. The summed E-state index contributed by atoms with van der Waals surface area (Å²) in [7, 11) is 0. The molecule has 1 heterocycles. The Morgan fingerprint density at radius 3 is 1.41 bits per heavy atom. The third-order valence-electron chi connectivity index (χ3n) is 15.6. The van der Waals surface area contributed by atoms with Gasteiger partial charge in [0, 0.05) is 27.7 Å². The molecule has 0 amide bonds. The van der Waals surface area contributed by atoms with Crippen LogP contribution in [0.2, 0.25) is 0 Å². The number of hydrogen-bond donors (Lipinski definition) is 0. The minimum absolute atomic E-state index is 0.126. The first-order valence-corrected chi connectivity index (χ1v) is 24.7. The Balaban J connectivity index is 0.902. The zero-order chi connectivity index (χ0) is 47.2. The zero-order valence-corrected chi connectivity index (χ0v) is 40.1. The van der Waals surface area contributed by atoms with E-state index >= 15 is 0 Å².